The van der Waals surface area contributed by atoms with Crippen molar-refractivity contribution in [2.45, 2.75) is 30.0 Å². The van der Waals surface area contributed by atoms with Gasteiger partial charge in [0.15, 0.2) is 0 Å². The third-order valence-corrected chi connectivity index (χ3v) is 6.44. The monoisotopic (exact) mass is 318 g/mol. The highest BCUT2D eigenvalue weighted by Gasteiger charge is 2.26. The summed E-state index contributed by atoms with van der Waals surface area (Å²) in [5, 5.41) is 8.95. The van der Waals surface area contributed by atoms with Crippen molar-refractivity contribution >= 4 is 27.3 Å². The van der Waals surface area contributed by atoms with E-state index in [9.17, 15) is 13.2 Å². The second kappa shape index (κ2) is 5.80. The first-order valence-corrected chi connectivity index (χ1v) is 8.65. The summed E-state index contributed by atoms with van der Waals surface area (Å²) in [6.07, 6.45) is 2.35. The molecular weight excluding hydrogens is 300 g/mol. The van der Waals surface area contributed by atoms with E-state index >= 15 is 0 Å². The number of carboxylic acids is 1. The number of aryl methyl sites for hydroxylation is 1. The van der Waals surface area contributed by atoms with Crippen LogP contribution in [0.2, 0.25) is 0 Å². The minimum Gasteiger partial charge on any atom is -0.477 e. The number of hydrogen-bond acceptors (Lipinski definition) is 5. The van der Waals surface area contributed by atoms with Crippen molar-refractivity contribution in [2.24, 2.45) is 0 Å². The molecule has 0 spiro atoms. The first-order chi connectivity index (χ1) is 9.31. The topological polar surface area (TPSA) is 86.7 Å². The molecule has 1 fully saturated rings. The molecule has 1 aromatic rings. The molecule has 0 aromatic carbocycles. The number of carboxylic acid groups (broad SMARTS) is 1. The Balaban J connectivity index is 1.98. The van der Waals surface area contributed by atoms with E-state index in [0.717, 1.165) is 11.3 Å². The van der Waals surface area contributed by atoms with Crippen LogP contribution in [0.3, 0.4) is 0 Å². The van der Waals surface area contributed by atoms with E-state index < -0.39 is 16.0 Å². The van der Waals surface area contributed by atoms with Gasteiger partial charge in [-0.2, -0.15) is 0 Å². The van der Waals surface area contributed by atoms with Crippen LogP contribution >= 0.6 is 11.3 Å². The lowest BCUT2D eigenvalue weighted by Gasteiger charge is -2.15. The van der Waals surface area contributed by atoms with E-state index in [1.165, 1.54) is 18.9 Å². The number of rotatable bonds is 7. The molecule has 0 radical (unpaired) electrons. The number of nitrogens with one attached hydrogen (secondary N) is 1. The number of aromatic carboxylic acids is 1. The summed E-state index contributed by atoms with van der Waals surface area (Å²) in [5.41, 5.74) is 0.470. The fourth-order valence-electron chi connectivity index (χ4n) is 1.92. The van der Waals surface area contributed by atoms with Crippen molar-refractivity contribution in [3.8, 4) is 0 Å². The normalized spacial score (nSPS) is 15.8. The van der Waals surface area contributed by atoms with Gasteiger partial charge in [-0.1, -0.05) is 0 Å². The van der Waals surface area contributed by atoms with Crippen LogP contribution in [0.4, 0.5) is 0 Å². The van der Waals surface area contributed by atoms with Crippen LogP contribution < -0.4 is 4.72 Å². The van der Waals surface area contributed by atoms with Crippen LogP contribution in [0.5, 0.6) is 0 Å². The molecular formula is C12H18N2O4S2. The Hall–Kier alpha value is -0.960. The summed E-state index contributed by atoms with van der Waals surface area (Å²) in [4.78, 5) is 13.1. The summed E-state index contributed by atoms with van der Waals surface area (Å²) in [7, 11) is -1.64. The Morgan fingerprint density at radius 3 is 2.70 bits per heavy atom. The van der Waals surface area contributed by atoms with Gasteiger partial charge >= 0.3 is 5.97 Å². The summed E-state index contributed by atoms with van der Waals surface area (Å²) < 4.78 is 26.7. The number of thiophene rings is 1. The second-order valence-electron chi connectivity index (χ2n) is 4.99. The van der Waals surface area contributed by atoms with Crippen LogP contribution in [0.15, 0.2) is 10.3 Å². The Morgan fingerprint density at radius 2 is 2.20 bits per heavy atom. The largest absolute Gasteiger partial charge is 0.477 e. The van der Waals surface area contributed by atoms with Crippen molar-refractivity contribution in [1.82, 2.24) is 9.62 Å². The first kappa shape index (κ1) is 15.4. The standard InChI is InChI=1S/C12H18N2O4S2/c1-8-7-10(19-11(8)12(15)16)20(17,18)13-5-6-14(2)9-3-4-9/h7,9,13H,3-6H2,1-2H3,(H,15,16). The highest BCUT2D eigenvalue weighted by atomic mass is 32.2. The Kier molecular flexibility index (Phi) is 4.48. The zero-order chi connectivity index (χ0) is 14.9. The molecule has 20 heavy (non-hydrogen) atoms. The maximum absolute atomic E-state index is 12.1. The van der Waals surface area contributed by atoms with Gasteiger partial charge < -0.3 is 10.0 Å². The van der Waals surface area contributed by atoms with Crippen molar-refractivity contribution in [3.63, 3.8) is 0 Å². The molecule has 0 bridgehead atoms. The third-order valence-electron chi connectivity index (χ3n) is 3.28. The van der Waals surface area contributed by atoms with E-state index in [1.54, 1.807) is 6.92 Å². The van der Waals surface area contributed by atoms with Gasteiger partial charge in [0, 0.05) is 19.1 Å². The van der Waals surface area contributed by atoms with E-state index in [1.807, 2.05) is 7.05 Å². The van der Waals surface area contributed by atoms with E-state index in [4.69, 9.17) is 5.11 Å². The summed E-state index contributed by atoms with van der Waals surface area (Å²) >= 11 is 0.788. The number of sulfonamides is 1. The molecule has 2 N–H and O–H groups in total. The van der Waals surface area contributed by atoms with Gasteiger partial charge in [-0.05, 0) is 38.4 Å². The number of nitrogens with zero attached hydrogens (tertiary/aromatic N) is 1. The number of likely N-dealkylation sites (N-methyl/N-ethyl adjacent to an activating group) is 1. The third kappa shape index (κ3) is 3.57. The molecule has 1 aliphatic rings. The van der Waals surface area contributed by atoms with Crippen molar-refractivity contribution in [3.05, 3.63) is 16.5 Å². The fraction of sp³-hybridized carbons (Fsp3) is 0.583. The average molecular weight is 318 g/mol. The maximum Gasteiger partial charge on any atom is 0.346 e. The van der Waals surface area contributed by atoms with Gasteiger partial charge in [-0.25, -0.2) is 17.9 Å². The van der Waals surface area contributed by atoms with Crippen LogP contribution in [0.1, 0.15) is 28.1 Å². The molecule has 1 aliphatic carbocycles. The lowest BCUT2D eigenvalue weighted by Crippen LogP contribution is -2.33. The Bertz CT molecular complexity index is 605. The fourth-order valence-corrected chi connectivity index (χ4v) is 4.37. The highest BCUT2D eigenvalue weighted by Crippen LogP contribution is 2.26. The first-order valence-electron chi connectivity index (χ1n) is 6.35. The lowest BCUT2D eigenvalue weighted by atomic mass is 10.3. The van der Waals surface area contributed by atoms with Crippen molar-refractivity contribution in [2.75, 3.05) is 20.1 Å². The van der Waals surface area contributed by atoms with E-state index in [-0.39, 0.29) is 9.09 Å². The average Bonchev–Trinajstić information content (AvgIpc) is 3.11. The minimum absolute atomic E-state index is 0.0569. The highest BCUT2D eigenvalue weighted by molar-refractivity contribution is 7.91. The van der Waals surface area contributed by atoms with Gasteiger partial charge in [0.1, 0.15) is 9.09 Å². The molecule has 6 nitrogen and oxygen atoms in total. The molecule has 0 atom stereocenters. The van der Waals surface area contributed by atoms with E-state index in [0.29, 0.717) is 24.7 Å². The molecule has 1 aromatic heterocycles. The van der Waals surface area contributed by atoms with Crippen molar-refractivity contribution < 1.29 is 18.3 Å². The maximum atomic E-state index is 12.1. The van der Waals surface area contributed by atoms with Gasteiger partial charge in [0.25, 0.3) is 0 Å². The molecule has 112 valence electrons. The Morgan fingerprint density at radius 1 is 1.55 bits per heavy atom. The minimum atomic E-state index is -3.62. The Labute approximate surface area is 122 Å². The summed E-state index contributed by atoms with van der Waals surface area (Å²) in [5.74, 6) is -1.09. The smallest absolute Gasteiger partial charge is 0.346 e. The number of carbonyl (C=O) groups is 1. The van der Waals surface area contributed by atoms with Crippen LogP contribution in [0, 0.1) is 6.92 Å². The van der Waals surface area contributed by atoms with Crippen LogP contribution in [-0.2, 0) is 10.0 Å². The molecule has 8 heteroatoms. The van der Waals surface area contributed by atoms with Crippen LogP contribution in [0.25, 0.3) is 0 Å². The predicted octanol–water partition coefficient (Wildman–Crippen LogP) is 1.13. The predicted molar refractivity (Wildman–Crippen MR) is 76.9 cm³/mol. The molecule has 0 aliphatic heterocycles. The molecule has 1 heterocycles. The number of hydrogen-bond donors (Lipinski definition) is 2. The second-order valence-corrected chi connectivity index (χ2v) is 8.04. The zero-order valence-electron chi connectivity index (χ0n) is 11.4. The SMILES string of the molecule is Cc1cc(S(=O)(=O)NCCN(C)C2CC2)sc1C(=O)O. The zero-order valence-corrected chi connectivity index (χ0v) is 13.1. The van der Waals surface area contributed by atoms with Crippen molar-refractivity contribution in [1.29, 1.82) is 0 Å². The lowest BCUT2D eigenvalue weighted by molar-refractivity contribution is 0.0701. The quantitative estimate of drug-likeness (QED) is 0.787. The van der Waals surface area contributed by atoms with Gasteiger partial charge in [0.2, 0.25) is 10.0 Å². The summed E-state index contributed by atoms with van der Waals surface area (Å²) in [6, 6.07) is 1.99. The molecule has 0 amide bonds. The molecule has 1 saturated carbocycles. The van der Waals surface area contributed by atoms with Gasteiger partial charge in [-0.3, -0.25) is 0 Å². The summed E-state index contributed by atoms with van der Waals surface area (Å²) in [6.45, 7) is 2.58. The van der Waals surface area contributed by atoms with Crippen LogP contribution in [-0.4, -0.2) is 50.6 Å². The van der Waals surface area contributed by atoms with Gasteiger partial charge in [-0.15, -0.1) is 11.3 Å². The van der Waals surface area contributed by atoms with Gasteiger partial charge in [0.05, 0.1) is 0 Å². The van der Waals surface area contributed by atoms with E-state index in [2.05, 4.69) is 9.62 Å². The molecule has 0 saturated heterocycles. The molecule has 2 rings (SSSR count). The molecule has 0 unspecified atom stereocenters.